The predicted octanol–water partition coefficient (Wildman–Crippen LogP) is 0.892. The molecule has 114 valence electrons. The van der Waals surface area contributed by atoms with Gasteiger partial charge in [0.25, 0.3) is 0 Å². The quantitative estimate of drug-likeness (QED) is 0.787. The standard InChI is InChI=1S/C15H27N3O2/c1-3-8-16-14(19)10-18(2)15(20)13-9-11-6-4-5-7-12(11)17-13/h11-13,17H,3-10H2,1-2H3,(H,16,19). The third-order valence-electron chi connectivity index (χ3n) is 4.49. The van der Waals surface area contributed by atoms with Gasteiger partial charge in [-0.05, 0) is 31.6 Å². The molecule has 5 heteroatoms. The Bertz CT molecular complexity index is 345. The average molecular weight is 281 g/mol. The van der Waals surface area contributed by atoms with Crippen molar-refractivity contribution in [1.29, 1.82) is 0 Å². The number of carbonyl (C=O) groups excluding carboxylic acids is 2. The molecule has 1 aliphatic carbocycles. The minimum absolute atomic E-state index is 0.0612. The van der Waals surface area contributed by atoms with Gasteiger partial charge in [0.1, 0.15) is 0 Å². The van der Waals surface area contributed by atoms with Crippen LogP contribution in [-0.2, 0) is 9.59 Å². The monoisotopic (exact) mass is 281 g/mol. The number of carbonyl (C=O) groups is 2. The molecule has 3 unspecified atom stereocenters. The molecule has 0 spiro atoms. The van der Waals surface area contributed by atoms with Crippen LogP contribution in [0, 0.1) is 5.92 Å². The van der Waals surface area contributed by atoms with E-state index in [0.717, 1.165) is 12.8 Å². The smallest absolute Gasteiger partial charge is 0.239 e. The van der Waals surface area contributed by atoms with Crippen LogP contribution < -0.4 is 10.6 Å². The lowest BCUT2D eigenvalue weighted by Gasteiger charge is -2.24. The molecule has 2 rings (SSSR count). The molecule has 2 amide bonds. The van der Waals surface area contributed by atoms with Crippen molar-refractivity contribution in [2.75, 3.05) is 20.1 Å². The molecule has 1 aliphatic heterocycles. The molecular formula is C15H27N3O2. The summed E-state index contributed by atoms with van der Waals surface area (Å²) < 4.78 is 0. The van der Waals surface area contributed by atoms with Gasteiger partial charge in [0.05, 0.1) is 12.6 Å². The first kappa shape index (κ1) is 15.3. The molecule has 0 radical (unpaired) electrons. The van der Waals surface area contributed by atoms with E-state index in [0.29, 0.717) is 18.5 Å². The first-order valence-electron chi connectivity index (χ1n) is 7.89. The van der Waals surface area contributed by atoms with Crippen molar-refractivity contribution in [3.05, 3.63) is 0 Å². The van der Waals surface area contributed by atoms with Crippen LogP contribution in [0.15, 0.2) is 0 Å². The van der Waals surface area contributed by atoms with Gasteiger partial charge in [0.2, 0.25) is 11.8 Å². The molecule has 1 saturated carbocycles. The second-order valence-corrected chi connectivity index (χ2v) is 6.15. The first-order chi connectivity index (χ1) is 9.61. The van der Waals surface area contributed by atoms with Crippen LogP contribution in [0.1, 0.15) is 45.4 Å². The van der Waals surface area contributed by atoms with E-state index in [1.807, 2.05) is 6.92 Å². The van der Waals surface area contributed by atoms with Crippen molar-refractivity contribution < 1.29 is 9.59 Å². The summed E-state index contributed by atoms with van der Waals surface area (Å²) in [5, 5.41) is 6.27. The molecule has 0 aromatic rings. The van der Waals surface area contributed by atoms with Crippen LogP contribution >= 0.6 is 0 Å². The van der Waals surface area contributed by atoms with Crippen molar-refractivity contribution in [2.24, 2.45) is 5.92 Å². The highest BCUT2D eigenvalue weighted by molar-refractivity contribution is 5.87. The molecule has 2 N–H and O–H groups in total. The maximum atomic E-state index is 12.4. The molecule has 0 aromatic carbocycles. The van der Waals surface area contributed by atoms with Gasteiger partial charge in [-0.2, -0.15) is 0 Å². The fourth-order valence-corrected chi connectivity index (χ4v) is 3.39. The van der Waals surface area contributed by atoms with Gasteiger partial charge < -0.3 is 15.5 Å². The van der Waals surface area contributed by atoms with Crippen LogP contribution in [0.5, 0.6) is 0 Å². The zero-order valence-electron chi connectivity index (χ0n) is 12.7. The van der Waals surface area contributed by atoms with Crippen LogP contribution in [-0.4, -0.2) is 48.9 Å². The van der Waals surface area contributed by atoms with E-state index >= 15 is 0 Å². The van der Waals surface area contributed by atoms with Gasteiger partial charge in [0, 0.05) is 19.6 Å². The third kappa shape index (κ3) is 3.72. The van der Waals surface area contributed by atoms with Crippen molar-refractivity contribution in [2.45, 2.75) is 57.5 Å². The van der Waals surface area contributed by atoms with Gasteiger partial charge in [-0.3, -0.25) is 9.59 Å². The Morgan fingerprint density at radius 1 is 1.30 bits per heavy atom. The molecular weight excluding hydrogens is 254 g/mol. The Hall–Kier alpha value is -1.10. The average Bonchev–Trinajstić information content (AvgIpc) is 2.87. The Morgan fingerprint density at radius 2 is 2.05 bits per heavy atom. The van der Waals surface area contributed by atoms with E-state index in [2.05, 4.69) is 10.6 Å². The number of hydrogen-bond acceptors (Lipinski definition) is 3. The number of fused-ring (bicyclic) bond motifs is 1. The number of nitrogens with zero attached hydrogens (tertiary/aromatic N) is 1. The molecule has 1 heterocycles. The van der Waals surface area contributed by atoms with Crippen molar-refractivity contribution in [3.63, 3.8) is 0 Å². The second-order valence-electron chi connectivity index (χ2n) is 6.15. The highest BCUT2D eigenvalue weighted by Crippen LogP contribution is 2.33. The highest BCUT2D eigenvalue weighted by atomic mass is 16.2. The Balaban J connectivity index is 1.80. The zero-order chi connectivity index (χ0) is 14.5. The fraction of sp³-hybridized carbons (Fsp3) is 0.867. The molecule has 3 atom stereocenters. The second kappa shape index (κ2) is 7.07. The summed E-state index contributed by atoms with van der Waals surface area (Å²) in [7, 11) is 1.72. The molecule has 20 heavy (non-hydrogen) atoms. The lowest BCUT2D eigenvalue weighted by molar-refractivity contribution is -0.136. The molecule has 0 aromatic heterocycles. The zero-order valence-corrected chi connectivity index (χ0v) is 12.7. The normalized spacial score (nSPS) is 28.8. The largest absolute Gasteiger partial charge is 0.355 e. The van der Waals surface area contributed by atoms with Crippen LogP contribution in [0.4, 0.5) is 0 Å². The Morgan fingerprint density at radius 3 is 2.75 bits per heavy atom. The summed E-state index contributed by atoms with van der Waals surface area (Å²) in [5.41, 5.74) is 0. The highest BCUT2D eigenvalue weighted by Gasteiger charge is 2.39. The van der Waals surface area contributed by atoms with E-state index in [9.17, 15) is 9.59 Å². The summed E-state index contributed by atoms with van der Waals surface area (Å²) in [6.45, 7) is 2.85. The number of likely N-dealkylation sites (N-methyl/N-ethyl adjacent to an activating group) is 1. The van der Waals surface area contributed by atoms with E-state index in [4.69, 9.17) is 0 Å². The Kier molecular flexibility index (Phi) is 5.40. The van der Waals surface area contributed by atoms with Crippen molar-refractivity contribution in [3.8, 4) is 0 Å². The summed E-state index contributed by atoms with van der Waals surface area (Å²) >= 11 is 0. The number of rotatable bonds is 5. The molecule has 2 fully saturated rings. The SMILES string of the molecule is CCCNC(=O)CN(C)C(=O)C1CC2CCCCC2N1. The summed E-state index contributed by atoms with van der Waals surface area (Å²) in [4.78, 5) is 25.6. The van der Waals surface area contributed by atoms with Gasteiger partial charge >= 0.3 is 0 Å². The summed E-state index contributed by atoms with van der Waals surface area (Å²) in [6, 6.07) is 0.423. The van der Waals surface area contributed by atoms with Gasteiger partial charge in [0.15, 0.2) is 0 Å². The topological polar surface area (TPSA) is 61.4 Å². The van der Waals surface area contributed by atoms with Crippen LogP contribution in [0.2, 0.25) is 0 Å². The number of hydrogen-bond donors (Lipinski definition) is 2. The predicted molar refractivity (Wildman–Crippen MR) is 78.2 cm³/mol. The minimum Gasteiger partial charge on any atom is -0.355 e. The lowest BCUT2D eigenvalue weighted by atomic mass is 9.85. The molecule has 2 aliphatic rings. The van der Waals surface area contributed by atoms with Crippen LogP contribution in [0.25, 0.3) is 0 Å². The van der Waals surface area contributed by atoms with Gasteiger partial charge in [-0.1, -0.05) is 19.8 Å². The van der Waals surface area contributed by atoms with E-state index < -0.39 is 0 Å². The maximum absolute atomic E-state index is 12.4. The third-order valence-corrected chi connectivity index (χ3v) is 4.49. The maximum Gasteiger partial charge on any atom is 0.239 e. The molecule has 1 saturated heterocycles. The number of amides is 2. The summed E-state index contributed by atoms with van der Waals surface area (Å²) in [5.74, 6) is 0.643. The van der Waals surface area contributed by atoms with Gasteiger partial charge in [-0.15, -0.1) is 0 Å². The minimum atomic E-state index is -0.0907. The fourth-order valence-electron chi connectivity index (χ4n) is 3.39. The number of nitrogens with one attached hydrogen (secondary N) is 2. The van der Waals surface area contributed by atoms with Crippen LogP contribution in [0.3, 0.4) is 0 Å². The summed E-state index contributed by atoms with van der Waals surface area (Å²) in [6.07, 6.45) is 6.84. The lowest BCUT2D eigenvalue weighted by Crippen LogP contribution is -2.47. The van der Waals surface area contributed by atoms with E-state index in [-0.39, 0.29) is 24.4 Å². The van der Waals surface area contributed by atoms with Gasteiger partial charge in [-0.25, -0.2) is 0 Å². The van der Waals surface area contributed by atoms with E-state index in [1.54, 1.807) is 11.9 Å². The van der Waals surface area contributed by atoms with Crippen molar-refractivity contribution >= 4 is 11.8 Å². The molecule has 5 nitrogen and oxygen atoms in total. The Labute approximate surface area is 121 Å². The van der Waals surface area contributed by atoms with Crippen molar-refractivity contribution in [1.82, 2.24) is 15.5 Å². The first-order valence-corrected chi connectivity index (χ1v) is 7.89. The molecule has 0 bridgehead atoms. The van der Waals surface area contributed by atoms with E-state index in [1.165, 1.54) is 25.7 Å².